The van der Waals surface area contributed by atoms with Crippen LogP contribution >= 0.6 is 11.3 Å². The molecular weight excluding hydrogens is 298 g/mol. The molecule has 0 unspecified atom stereocenters. The van der Waals surface area contributed by atoms with Crippen molar-refractivity contribution in [3.05, 3.63) is 17.0 Å². The first-order valence-corrected chi connectivity index (χ1v) is 8.68. The highest BCUT2D eigenvalue weighted by Gasteiger charge is 2.29. The molecule has 2 heterocycles. The van der Waals surface area contributed by atoms with Gasteiger partial charge in [0.2, 0.25) is 5.95 Å². The van der Waals surface area contributed by atoms with Gasteiger partial charge in [-0.1, -0.05) is 6.92 Å². The third-order valence-corrected chi connectivity index (χ3v) is 5.98. The predicted molar refractivity (Wildman–Crippen MR) is 75.3 cm³/mol. The van der Waals surface area contributed by atoms with Crippen LogP contribution in [0.15, 0.2) is 10.4 Å². The Balaban J connectivity index is 1.85. The van der Waals surface area contributed by atoms with Gasteiger partial charge in [-0.05, 0) is 19.3 Å². The van der Waals surface area contributed by atoms with Gasteiger partial charge in [-0.15, -0.1) is 11.3 Å². The number of hydrogen-bond donors (Lipinski definition) is 1. The zero-order chi connectivity index (χ0) is 14.3. The molecule has 0 aliphatic heterocycles. The molecule has 1 N–H and O–H groups in total. The highest BCUT2D eigenvalue weighted by molar-refractivity contribution is 7.94. The molecule has 9 heteroatoms. The van der Waals surface area contributed by atoms with Crippen molar-refractivity contribution in [3.63, 3.8) is 0 Å². The smallest absolute Gasteiger partial charge is 0.248 e. The van der Waals surface area contributed by atoms with Crippen molar-refractivity contribution >= 4 is 27.3 Å². The number of anilines is 1. The molecule has 1 aliphatic carbocycles. The first-order chi connectivity index (χ1) is 9.49. The molecule has 0 atom stereocenters. The molecule has 0 bridgehead atoms. The molecule has 2 aromatic heterocycles. The highest BCUT2D eigenvalue weighted by atomic mass is 32.2. The van der Waals surface area contributed by atoms with Gasteiger partial charge in [0, 0.05) is 13.0 Å². The Morgan fingerprint density at radius 3 is 2.85 bits per heavy atom. The van der Waals surface area contributed by atoms with E-state index < -0.39 is 10.0 Å². The van der Waals surface area contributed by atoms with Crippen molar-refractivity contribution in [3.8, 4) is 0 Å². The van der Waals surface area contributed by atoms with Crippen LogP contribution in [-0.4, -0.2) is 28.2 Å². The molecule has 2 aromatic rings. The third-order valence-electron chi connectivity index (χ3n) is 3.05. The minimum atomic E-state index is -3.63. The average Bonchev–Trinajstić information content (AvgIpc) is 3.02. The second-order valence-electron chi connectivity index (χ2n) is 4.72. The van der Waals surface area contributed by atoms with Crippen LogP contribution < -0.4 is 4.72 Å². The number of sulfonamides is 1. The molecule has 0 saturated heterocycles. The van der Waals surface area contributed by atoms with Crippen LogP contribution in [-0.2, 0) is 23.5 Å². The van der Waals surface area contributed by atoms with Gasteiger partial charge in [-0.3, -0.25) is 0 Å². The Morgan fingerprint density at radius 1 is 1.50 bits per heavy atom. The van der Waals surface area contributed by atoms with Crippen LogP contribution in [0.25, 0.3) is 0 Å². The van der Waals surface area contributed by atoms with E-state index in [0.717, 1.165) is 24.3 Å². The summed E-state index contributed by atoms with van der Waals surface area (Å²) in [5.74, 6) is 1.34. The van der Waals surface area contributed by atoms with E-state index in [1.807, 2.05) is 6.92 Å². The first kappa shape index (κ1) is 13.5. The predicted octanol–water partition coefficient (Wildman–Crippen LogP) is 1.51. The summed E-state index contributed by atoms with van der Waals surface area (Å²) in [5, 5.41) is 5.03. The summed E-state index contributed by atoms with van der Waals surface area (Å²) in [5.41, 5.74) is 0. The molecule has 3 rings (SSSR count). The number of hydrogen-bond acceptors (Lipinski definition) is 6. The molecule has 0 radical (unpaired) electrons. The van der Waals surface area contributed by atoms with E-state index in [0.29, 0.717) is 11.7 Å². The minimum Gasteiger partial charge on any atom is -0.248 e. The Morgan fingerprint density at radius 2 is 2.25 bits per heavy atom. The molecule has 108 valence electrons. The second-order valence-corrected chi connectivity index (χ2v) is 7.75. The maximum Gasteiger partial charge on any atom is 0.275 e. The van der Waals surface area contributed by atoms with Gasteiger partial charge in [-0.25, -0.2) is 22.8 Å². The van der Waals surface area contributed by atoms with Gasteiger partial charge in [-0.2, -0.15) is 10.1 Å². The van der Waals surface area contributed by atoms with Gasteiger partial charge in [0.25, 0.3) is 10.0 Å². The third kappa shape index (κ3) is 2.55. The van der Waals surface area contributed by atoms with Crippen molar-refractivity contribution in [2.45, 2.75) is 36.3 Å². The van der Waals surface area contributed by atoms with Crippen LogP contribution in [0.5, 0.6) is 0 Å². The van der Waals surface area contributed by atoms with Crippen LogP contribution in [0.2, 0.25) is 0 Å². The average molecular weight is 313 g/mol. The van der Waals surface area contributed by atoms with Crippen LogP contribution in [0.4, 0.5) is 5.95 Å². The summed E-state index contributed by atoms with van der Waals surface area (Å²) in [6.07, 6.45) is 4.25. The molecule has 0 amide bonds. The normalized spacial score (nSPS) is 15.5. The quantitative estimate of drug-likeness (QED) is 0.903. The van der Waals surface area contributed by atoms with E-state index in [2.05, 4.69) is 19.8 Å². The molecule has 20 heavy (non-hydrogen) atoms. The maximum absolute atomic E-state index is 12.3. The maximum atomic E-state index is 12.3. The molecule has 1 saturated carbocycles. The van der Waals surface area contributed by atoms with Gasteiger partial charge in [0.1, 0.15) is 0 Å². The monoisotopic (exact) mass is 313 g/mol. The lowest BCUT2D eigenvalue weighted by Gasteiger charge is -2.03. The van der Waals surface area contributed by atoms with E-state index in [-0.39, 0.29) is 10.2 Å². The molecule has 7 nitrogen and oxygen atoms in total. The van der Waals surface area contributed by atoms with E-state index in [1.54, 1.807) is 7.05 Å². The number of nitrogens with one attached hydrogen (secondary N) is 1. The number of thiazole rings is 1. The Hall–Kier alpha value is -1.48. The van der Waals surface area contributed by atoms with E-state index in [1.165, 1.54) is 22.2 Å². The van der Waals surface area contributed by atoms with E-state index in [4.69, 9.17) is 0 Å². The van der Waals surface area contributed by atoms with Gasteiger partial charge < -0.3 is 0 Å². The van der Waals surface area contributed by atoms with E-state index >= 15 is 0 Å². The number of aryl methyl sites for hydroxylation is 2. The fraction of sp³-hybridized carbons (Fsp3) is 0.545. The first-order valence-electron chi connectivity index (χ1n) is 6.38. The van der Waals surface area contributed by atoms with Gasteiger partial charge in [0.05, 0.1) is 11.2 Å². The topological polar surface area (TPSA) is 89.8 Å². The molecular formula is C11H15N5O2S2. The Kier molecular flexibility index (Phi) is 3.25. The number of nitrogens with zero attached hydrogens (tertiary/aromatic N) is 4. The fourth-order valence-electron chi connectivity index (χ4n) is 1.76. The zero-order valence-electron chi connectivity index (χ0n) is 11.2. The lowest BCUT2D eigenvalue weighted by atomic mass is 10.4. The SMILES string of the molecule is CCc1ncc(S(=O)(=O)Nc2nc(C3CC3)nn2C)s1. The van der Waals surface area contributed by atoms with E-state index in [9.17, 15) is 8.42 Å². The second kappa shape index (κ2) is 4.81. The van der Waals surface area contributed by atoms with Crippen molar-refractivity contribution in [1.29, 1.82) is 0 Å². The summed E-state index contributed by atoms with van der Waals surface area (Å²) in [7, 11) is -1.95. The van der Waals surface area contributed by atoms with Gasteiger partial charge in [0.15, 0.2) is 10.0 Å². The zero-order valence-corrected chi connectivity index (χ0v) is 12.8. The van der Waals surface area contributed by atoms with Crippen molar-refractivity contribution in [2.24, 2.45) is 7.05 Å². The van der Waals surface area contributed by atoms with Crippen molar-refractivity contribution in [2.75, 3.05) is 4.72 Å². The standard InChI is InChI=1S/C11H15N5O2S2/c1-3-8-12-6-9(19-8)20(17,18)15-11-13-10(7-4-5-7)14-16(11)2/h6-7H,3-5H2,1-2H3,(H,13,14,15). The Labute approximate surface area is 121 Å². The van der Waals surface area contributed by atoms with Crippen LogP contribution in [0, 0.1) is 0 Å². The summed E-state index contributed by atoms with van der Waals surface area (Å²) in [6, 6.07) is 0. The number of aromatic nitrogens is 4. The van der Waals surface area contributed by atoms with Crippen molar-refractivity contribution in [1.82, 2.24) is 19.7 Å². The molecule has 1 fully saturated rings. The molecule has 0 aromatic carbocycles. The lowest BCUT2D eigenvalue weighted by molar-refractivity contribution is 0.601. The summed E-state index contributed by atoms with van der Waals surface area (Å²) in [4.78, 5) is 8.32. The summed E-state index contributed by atoms with van der Waals surface area (Å²) < 4.78 is 28.7. The number of rotatable bonds is 5. The van der Waals surface area contributed by atoms with Crippen LogP contribution in [0.3, 0.4) is 0 Å². The highest BCUT2D eigenvalue weighted by Crippen LogP contribution is 2.38. The van der Waals surface area contributed by atoms with Crippen LogP contribution in [0.1, 0.15) is 36.5 Å². The Bertz CT molecular complexity index is 730. The van der Waals surface area contributed by atoms with Crippen molar-refractivity contribution < 1.29 is 8.42 Å². The molecule has 0 spiro atoms. The minimum absolute atomic E-state index is 0.199. The van der Waals surface area contributed by atoms with Gasteiger partial charge >= 0.3 is 0 Å². The fourth-order valence-corrected chi connectivity index (χ4v) is 3.91. The summed E-state index contributed by atoms with van der Waals surface area (Å²) in [6.45, 7) is 1.94. The summed E-state index contributed by atoms with van der Waals surface area (Å²) >= 11 is 1.17. The molecule has 1 aliphatic rings. The largest absolute Gasteiger partial charge is 0.275 e. The lowest BCUT2D eigenvalue weighted by Crippen LogP contribution is -2.15.